The van der Waals surface area contributed by atoms with Crippen LogP contribution in [0.4, 0.5) is 0 Å². The lowest BCUT2D eigenvalue weighted by molar-refractivity contribution is -0.137. The number of nitrogens with one attached hydrogen (secondary N) is 1. The number of hydrogen-bond donors (Lipinski definition) is 3. The van der Waals surface area contributed by atoms with Gasteiger partial charge < -0.3 is 10.2 Å². The summed E-state index contributed by atoms with van der Waals surface area (Å²) < 4.78 is 28.1. The zero-order chi connectivity index (χ0) is 16.2. The Morgan fingerprint density at radius 1 is 1.43 bits per heavy atom. The Labute approximate surface area is 123 Å². The first-order chi connectivity index (χ1) is 9.65. The second kappa shape index (κ2) is 7.01. The fourth-order valence-electron chi connectivity index (χ4n) is 2.03. The van der Waals surface area contributed by atoms with Gasteiger partial charge in [-0.15, -0.1) is 0 Å². The number of nitrogens with zero attached hydrogens (tertiary/aromatic N) is 2. The zero-order valence-electron chi connectivity index (χ0n) is 12.3. The molecule has 8 nitrogen and oxygen atoms in total. The number of sulfonamides is 1. The van der Waals surface area contributed by atoms with Crippen molar-refractivity contribution in [2.75, 3.05) is 6.54 Å². The fraction of sp³-hybridized carbons (Fsp3) is 0.667. The summed E-state index contributed by atoms with van der Waals surface area (Å²) in [5.41, 5.74) is 0.551. The third-order valence-electron chi connectivity index (χ3n) is 2.96. The number of hydrogen-bond acceptors (Lipinski definition) is 5. The van der Waals surface area contributed by atoms with E-state index in [9.17, 15) is 13.2 Å². The van der Waals surface area contributed by atoms with Crippen molar-refractivity contribution in [2.45, 2.75) is 51.2 Å². The molecule has 21 heavy (non-hydrogen) atoms. The highest BCUT2D eigenvalue weighted by Gasteiger charge is 2.24. The molecule has 1 rings (SSSR count). The van der Waals surface area contributed by atoms with Crippen LogP contribution in [0.2, 0.25) is 0 Å². The molecule has 0 amide bonds. The Balaban J connectivity index is 2.88. The first-order valence-corrected chi connectivity index (χ1v) is 8.07. The van der Waals surface area contributed by atoms with Gasteiger partial charge in [-0.2, -0.15) is 5.10 Å². The molecule has 1 atom stereocenters. The summed E-state index contributed by atoms with van der Waals surface area (Å²) in [5, 5.41) is 21.8. The number of aliphatic hydroxyl groups excluding tert-OH is 1. The van der Waals surface area contributed by atoms with Crippen LogP contribution in [0.3, 0.4) is 0 Å². The van der Waals surface area contributed by atoms with Gasteiger partial charge in [0.25, 0.3) is 0 Å². The summed E-state index contributed by atoms with van der Waals surface area (Å²) >= 11 is 0. The first kappa shape index (κ1) is 17.6. The summed E-state index contributed by atoms with van der Waals surface area (Å²) in [5.74, 6) is -1.09. The third kappa shape index (κ3) is 4.80. The van der Waals surface area contributed by atoms with Crippen LogP contribution >= 0.6 is 0 Å². The van der Waals surface area contributed by atoms with Crippen molar-refractivity contribution in [3.63, 3.8) is 0 Å². The molecule has 0 aromatic carbocycles. The smallest absolute Gasteiger partial charge is 0.325 e. The molecular weight excluding hydrogens is 298 g/mol. The minimum atomic E-state index is -3.74. The second-order valence-corrected chi connectivity index (χ2v) is 6.64. The standard InChI is InChI=1S/C12H21N3O5S/c1-8(16)5-4-6-13-21(19,20)12-9(2)14-15(10(12)3)7-11(17)18/h8,13,16H,4-7H2,1-3H3,(H,17,18). The van der Waals surface area contributed by atoms with Gasteiger partial charge >= 0.3 is 5.97 Å². The van der Waals surface area contributed by atoms with Gasteiger partial charge in [-0.3, -0.25) is 9.48 Å². The summed E-state index contributed by atoms with van der Waals surface area (Å²) in [6.45, 7) is 4.50. The first-order valence-electron chi connectivity index (χ1n) is 6.58. The molecule has 0 saturated heterocycles. The molecule has 1 heterocycles. The Kier molecular flexibility index (Phi) is 5.87. The van der Waals surface area contributed by atoms with Crippen molar-refractivity contribution < 1.29 is 23.4 Å². The van der Waals surface area contributed by atoms with Crippen LogP contribution in [0.15, 0.2) is 4.90 Å². The molecule has 1 aromatic heterocycles. The molecule has 9 heteroatoms. The lowest BCUT2D eigenvalue weighted by Gasteiger charge is -2.08. The van der Waals surface area contributed by atoms with Crippen LogP contribution in [-0.2, 0) is 21.4 Å². The summed E-state index contributed by atoms with van der Waals surface area (Å²) in [7, 11) is -3.74. The highest BCUT2D eigenvalue weighted by Crippen LogP contribution is 2.19. The fourth-order valence-corrected chi connectivity index (χ4v) is 3.51. The van der Waals surface area contributed by atoms with E-state index in [0.717, 1.165) is 4.68 Å². The number of aliphatic hydroxyl groups is 1. The molecule has 0 spiro atoms. The molecule has 0 bridgehead atoms. The predicted molar refractivity (Wildman–Crippen MR) is 75.4 cm³/mol. The molecule has 120 valence electrons. The topological polar surface area (TPSA) is 122 Å². The number of aromatic nitrogens is 2. The van der Waals surface area contributed by atoms with Crippen molar-refractivity contribution in [3.8, 4) is 0 Å². The average molecular weight is 319 g/mol. The summed E-state index contributed by atoms with van der Waals surface area (Å²) in [6, 6.07) is 0. The Morgan fingerprint density at radius 3 is 2.57 bits per heavy atom. The van der Waals surface area contributed by atoms with Gasteiger partial charge in [0.15, 0.2) is 0 Å². The molecule has 0 aliphatic carbocycles. The van der Waals surface area contributed by atoms with Crippen LogP contribution in [0.1, 0.15) is 31.2 Å². The van der Waals surface area contributed by atoms with Crippen molar-refractivity contribution >= 4 is 16.0 Å². The van der Waals surface area contributed by atoms with E-state index >= 15 is 0 Å². The molecule has 3 N–H and O–H groups in total. The van der Waals surface area contributed by atoms with Gasteiger partial charge in [-0.05, 0) is 33.6 Å². The van der Waals surface area contributed by atoms with E-state index in [4.69, 9.17) is 10.2 Å². The van der Waals surface area contributed by atoms with E-state index < -0.39 is 22.1 Å². The van der Waals surface area contributed by atoms with Gasteiger partial charge in [0.1, 0.15) is 11.4 Å². The average Bonchev–Trinajstić information content (AvgIpc) is 2.59. The normalized spacial score (nSPS) is 13.3. The molecule has 1 aromatic rings. The molecule has 1 unspecified atom stereocenters. The molecule has 0 aliphatic rings. The number of carboxylic acid groups (broad SMARTS) is 1. The quantitative estimate of drug-likeness (QED) is 0.581. The second-order valence-electron chi connectivity index (χ2n) is 4.94. The zero-order valence-corrected chi connectivity index (χ0v) is 13.1. The van der Waals surface area contributed by atoms with Crippen molar-refractivity contribution in [3.05, 3.63) is 11.4 Å². The van der Waals surface area contributed by atoms with Crippen molar-refractivity contribution in [1.82, 2.24) is 14.5 Å². The summed E-state index contributed by atoms with van der Waals surface area (Å²) in [6.07, 6.45) is 0.535. The Hall–Kier alpha value is -1.45. The van der Waals surface area contributed by atoms with E-state index in [1.807, 2.05) is 0 Å². The molecule has 0 aliphatic heterocycles. The monoisotopic (exact) mass is 319 g/mol. The van der Waals surface area contributed by atoms with Gasteiger partial charge in [-0.25, -0.2) is 13.1 Å². The van der Waals surface area contributed by atoms with Crippen LogP contribution < -0.4 is 4.72 Å². The molecule has 0 radical (unpaired) electrons. The molecule has 0 saturated carbocycles. The van der Waals surface area contributed by atoms with Crippen LogP contribution in [0, 0.1) is 13.8 Å². The largest absolute Gasteiger partial charge is 0.480 e. The number of rotatable bonds is 8. The number of aliphatic carboxylic acids is 1. The highest BCUT2D eigenvalue weighted by atomic mass is 32.2. The van der Waals surface area contributed by atoms with Crippen LogP contribution in [0.25, 0.3) is 0 Å². The van der Waals surface area contributed by atoms with Crippen molar-refractivity contribution in [1.29, 1.82) is 0 Å². The minimum absolute atomic E-state index is 0.0146. The maximum Gasteiger partial charge on any atom is 0.325 e. The van der Waals surface area contributed by atoms with Gasteiger partial charge in [0.2, 0.25) is 10.0 Å². The number of carboxylic acids is 1. The van der Waals surface area contributed by atoms with E-state index in [-0.39, 0.29) is 29.4 Å². The third-order valence-corrected chi connectivity index (χ3v) is 4.67. The van der Waals surface area contributed by atoms with E-state index in [0.29, 0.717) is 12.8 Å². The van der Waals surface area contributed by atoms with E-state index in [1.54, 1.807) is 6.92 Å². The number of aryl methyl sites for hydroxylation is 1. The van der Waals surface area contributed by atoms with Crippen molar-refractivity contribution in [2.24, 2.45) is 0 Å². The van der Waals surface area contributed by atoms with Crippen LogP contribution in [-0.4, -0.2) is 47.0 Å². The van der Waals surface area contributed by atoms with E-state index in [1.165, 1.54) is 13.8 Å². The Bertz CT molecular complexity index is 607. The number of carbonyl (C=O) groups is 1. The van der Waals surface area contributed by atoms with Crippen LogP contribution in [0.5, 0.6) is 0 Å². The van der Waals surface area contributed by atoms with Gasteiger partial charge in [0.05, 0.1) is 17.5 Å². The lowest BCUT2D eigenvalue weighted by atomic mass is 10.2. The van der Waals surface area contributed by atoms with Gasteiger partial charge in [0, 0.05) is 6.54 Å². The molecule has 0 fully saturated rings. The maximum atomic E-state index is 12.2. The minimum Gasteiger partial charge on any atom is -0.480 e. The van der Waals surface area contributed by atoms with Gasteiger partial charge in [-0.1, -0.05) is 0 Å². The van der Waals surface area contributed by atoms with E-state index in [2.05, 4.69) is 9.82 Å². The highest BCUT2D eigenvalue weighted by molar-refractivity contribution is 7.89. The lowest BCUT2D eigenvalue weighted by Crippen LogP contribution is -2.26. The predicted octanol–water partition coefficient (Wildman–Crippen LogP) is 0.0238. The Morgan fingerprint density at radius 2 is 2.05 bits per heavy atom. The molecular formula is C12H21N3O5S. The maximum absolute atomic E-state index is 12.2. The summed E-state index contributed by atoms with van der Waals surface area (Å²) in [4.78, 5) is 10.7. The SMILES string of the molecule is Cc1nn(CC(=O)O)c(C)c1S(=O)(=O)NCCCC(C)O.